The van der Waals surface area contributed by atoms with Gasteiger partial charge in [-0.2, -0.15) is 0 Å². The summed E-state index contributed by atoms with van der Waals surface area (Å²) in [6.45, 7) is 5.89. The Morgan fingerprint density at radius 1 is 1.14 bits per heavy atom. The SMILES string of the molecule is COc1ccc(CNc2nccn3c(C4=CCN(C(=O)C(C)C)CC4)cc(-c4ccc(N)cc4)c23)cc1. The van der Waals surface area contributed by atoms with Crippen molar-refractivity contribution < 1.29 is 9.53 Å². The Morgan fingerprint density at radius 2 is 1.89 bits per heavy atom. The van der Waals surface area contributed by atoms with Gasteiger partial charge in [-0.15, -0.1) is 0 Å². The van der Waals surface area contributed by atoms with Crippen molar-refractivity contribution in [2.24, 2.45) is 5.92 Å². The molecule has 0 aliphatic carbocycles. The van der Waals surface area contributed by atoms with Crippen molar-refractivity contribution in [3.63, 3.8) is 0 Å². The molecule has 0 bridgehead atoms. The van der Waals surface area contributed by atoms with Crippen molar-refractivity contribution in [1.82, 2.24) is 14.3 Å². The van der Waals surface area contributed by atoms with E-state index in [4.69, 9.17) is 15.5 Å². The molecule has 0 fully saturated rings. The number of rotatable bonds is 7. The van der Waals surface area contributed by atoms with Crippen LogP contribution >= 0.6 is 0 Å². The minimum Gasteiger partial charge on any atom is -0.497 e. The van der Waals surface area contributed by atoms with E-state index in [-0.39, 0.29) is 11.8 Å². The normalized spacial score (nSPS) is 13.6. The lowest BCUT2D eigenvalue weighted by Crippen LogP contribution is -2.37. The summed E-state index contributed by atoms with van der Waals surface area (Å²) >= 11 is 0. The Morgan fingerprint density at radius 3 is 2.54 bits per heavy atom. The summed E-state index contributed by atoms with van der Waals surface area (Å²) in [6, 6.07) is 18.2. The number of methoxy groups -OCH3 is 1. The zero-order valence-electron chi connectivity index (χ0n) is 21.6. The van der Waals surface area contributed by atoms with Crippen LogP contribution in [0.25, 0.3) is 22.2 Å². The molecule has 7 heteroatoms. The molecule has 7 nitrogen and oxygen atoms in total. The fourth-order valence-electron chi connectivity index (χ4n) is 4.81. The van der Waals surface area contributed by atoms with Crippen LogP contribution < -0.4 is 15.8 Å². The molecule has 1 aliphatic rings. The lowest BCUT2D eigenvalue weighted by atomic mass is 10.0. The first-order valence-electron chi connectivity index (χ1n) is 12.7. The maximum absolute atomic E-state index is 12.5. The first-order chi connectivity index (χ1) is 17.9. The fourth-order valence-corrected chi connectivity index (χ4v) is 4.81. The molecule has 2 aromatic carbocycles. The average molecular weight is 496 g/mol. The quantitative estimate of drug-likeness (QED) is 0.332. The van der Waals surface area contributed by atoms with Crippen LogP contribution in [0.4, 0.5) is 11.5 Å². The third-order valence-corrected chi connectivity index (χ3v) is 6.86. The number of amides is 1. The minimum atomic E-state index is 0.00612. The number of nitrogens with zero attached hydrogens (tertiary/aromatic N) is 3. The number of carbonyl (C=O) groups is 1. The van der Waals surface area contributed by atoms with Crippen LogP contribution in [-0.4, -0.2) is 40.4 Å². The smallest absolute Gasteiger partial charge is 0.225 e. The van der Waals surface area contributed by atoms with E-state index in [0.29, 0.717) is 13.1 Å². The van der Waals surface area contributed by atoms with Gasteiger partial charge in [0, 0.05) is 54.9 Å². The molecular formula is C30H33N5O2. The van der Waals surface area contributed by atoms with Crippen molar-refractivity contribution in [2.45, 2.75) is 26.8 Å². The third kappa shape index (κ3) is 5.03. The molecule has 5 rings (SSSR count). The number of nitrogen functional groups attached to an aromatic ring is 1. The van der Waals surface area contributed by atoms with Gasteiger partial charge in [0.05, 0.1) is 12.6 Å². The molecule has 0 radical (unpaired) electrons. The molecule has 2 aromatic heterocycles. The molecular weight excluding hydrogens is 462 g/mol. The van der Waals surface area contributed by atoms with Crippen molar-refractivity contribution >= 4 is 28.5 Å². The zero-order valence-corrected chi connectivity index (χ0v) is 21.6. The predicted molar refractivity (Wildman–Crippen MR) is 149 cm³/mol. The van der Waals surface area contributed by atoms with Gasteiger partial charge in [-0.05, 0) is 53.5 Å². The number of ether oxygens (including phenoxy) is 1. The highest BCUT2D eigenvalue weighted by Crippen LogP contribution is 2.36. The Kier molecular flexibility index (Phi) is 6.86. The highest BCUT2D eigenvalue weighted by molar-refractivity contribution is 5.92. The summed E-state index contributed by atoms with van der Waals surface area (Å²) in [5, 5.41) is 3.54. The van der Waals surface area contributed by atoms with Crippen LogP contribution in [-0.2, 0) is 11.3 Å². The van der Waals surface area contributed by atoms with Gasteiger partial charge in [-0.1, -0.05) is 44.2 Å². The fraction of sp³-hybridized carbons (Fsp3) is 0.267. The van der Waals surface area contributed by atoms with E-state index in [9.17, 15) is 4.79 Å². The van der Waals surface area contributed by atoms with Gasteiger partial charge in [0.1, 0.15) is 5.75 Å². The summed E-state index contributed by atoms with van der Waals surface area (Å²) < 4.78 is 7.49. The molecule has 0 spiro atoms. The number of fused-ring (bicyclic) bond motifs is 1. The number of hydrogen-bond donors (Lipinski definition) is 2. The van der Waals surface area contributed by atoms with E-state index in [1.807, 2.05) is 79.7 Å². The number of aromatic nitrogens is 2. The standard InChI is InChI=1S/C30H33N5O2/c1-20(2)30(36)34-15-12-23(13-16-34)27-18-26(22-6-8-24(31)9-7-22)28-29(32-14-17-35(27)28)33-19-21-4-10-25(37-3)11-5-21/h4-12,14,17-18,20H,13,15-16,19,31H2,1-3H3,(H,32,33). The summed E-state index contributed by atoms with van der Waals surface area (Å²) in [7, 11) is 1.67. The van der Waals surface area contributed by atoms with Crippen molar-refractivity contribution in [3.05, 3.63) is 84.3 Å². The highest BCUT2D eigenvalue weighted by atomic mass is 16.5. The van der Waals surface area contributed by atoms with Crippen LogP contribution in [0.3, 0.4) is 0 Å². The summed E-state index contributed by atoms with van der Waals surface area (Å²) in [5.74, 6) is 1.85. The van der Waals surface area contributed by atoms with E-state index in [1.165, 1.54) is 5.57 Å². The zero-order chi connectivity index (χ0) is 25.9. The van der Waals surface area contributed by atoms with Crippen molar-refractivity contribution in [1.29, 1.82) is 0 Å². The van der Waals surface area contributed by atoms with Gasteiger partial charge >= 0.3 is 0 Å². The van der Waals surface area contributed by atoms with Gasteiger partial charge in [0.15, 0.2) is 5.82 Å². The summed E-state index contributed by atoms with van der Waals surface area (Å²) in [6.07, 6.45) is 6.83. The summed E-state index contributed by atoms with van der Waals surface area (Å²) in [4.78, 5) is 19.2. The van der Waals surface area contributed by atoms with Gasteiger partial charge in [0.2, 0.25) is 5.91 Å². The first-order valence-corrected chi connectivity index (χ1v) is 12.7. The van der Waals surface area contributed by atoms with Crippen molar-refractivity contribution in [3.8, 4) is 16.9 Å². The van der Waals surface area contributed by atoms with E-state index < -0.39 is 0 Å². The molecule has 0 unspecified atom stereocenters. The number of carbonyl (C=O) groups excluding carboxylic acids is 1. The highest BCUT2D eigenvalue weighted by Gasteiger charge is 2.23. The lowest BCUT2D eigenvalue weighted by molar-refractivity contribution is -0.134. The van der Waals surface area contributed by atoms with Gasteiger partial charge in [0.25, 0.3) is 0 Å². The van der Waals surface area contributed by atoms with Crippen molar-refractivity contribution in [2.75, 3.05) is 31.2 Å². The maximum atomic E-state index is 12.5. The van der Waals surface area contributed by atoms with Gasteiger partial charge in [-0.3, -0.25) is 4.79 Å². The van der Waals surface area contributed by atoms with E-state index in [1.54, 1.807) is 7.11 Å². The Bertz CT molecular complexity index is 1440. The topological polar surface area (TPSA) is 84.9 Å². The third-order valence-electron chi connectivity index (χ3n) is 6.86. The molecule has 190 valence electrons. The van der Waals surface area contributed by atoms with Crippen LogP contribution in [0.15, 0.2) is 73.1 Å². The second kappa shape index (κ2) is 10.4. The second-order valence-electron chi connectivity index (χ2n) is 9.68. The Hall–Kier alpha value is -4.26. The number of nitrogens with two attached hydrogens (primary N) is 1. The molecule has 4 aromatic rings. The number of hydrogen-bond acceptors (Lipinski definition) is 5. The molecule has 0 atom stereocenters. The maximum Gasteiger partial charge on any atom is 0.225 e. The van der Waals surface area contributed by atoms with Crippen LogP contribution in [0.1, 0.15) is 31.5 Å². The van der Waals surface area contributed by atoms with Crippen LogP contribution in [0, 0.1) is 5.92 Å². The largest absolute Gasteiger partial charge is 0.497 e. The van der Waals surface area contributed by atoms with E-state index in [2.05, 4.69) is 21.9 Å². The number of anilines is 2. The molecule has 0 saturated heterocycles. The summed E-state index contributed by atoms with van der Waals surface area (Å²) in [5.41, 5.74) is 13.4. The number of benzene rings is 2. The van der Waals surface area contributed by atoms with E-state index >= 15 is 0 Å². The second-order valence-corrected chi connectivity index (χ2v) is 9.68. The van der Waals surface area contributed by atoms with Crippen LogP contribution in [0.2, 0.25) is 0 Å². The Labute approximate surface area is 217 Å². The molecule has 37 heavy (non-hydrogen) atoms. The monoisotopic (exact) mass is 495 g/mol. The van der Waals surface area contributed by atoms with Gasteiger partial charge < -0.3 is 25.1 Å². The number of nitrogens with one attached hydrogen (secondary N) is 1. The Balaban J connectivity index is 1.53. The molecule has 1 amide bonds. The average Bonchev–Trinajstić information content (AvgIpc) is 3.32. The predicted octanol–water partition coefficient (Wildman–Crippen LogP) is 5.48. The molecule has 0 saturated carbocycles. The first kappa shape index (κ1) is 24.4. The van der Waals surface area contributed by atoms with Crippen LogP contribution in [0.5, 0.6) is 5.75 Å². The lowest BCUT2D eigenvalue weighted by Gasteiger charge is -2.28. The molecule has 3 heterocycles. The molecule has 3 N–H and O–H groups in total. The molecule has 1 aliphatic heterocycles. The minimum absolute atomic E-state index is 0.00612. The van der Waals surface area contributed by atoms with E-state index in [0.717, 1.165) is 58.1 Å². The van der Waals surface area contributed by atoms with Gasteiger partial charge in [-0.25, -0.2) is 4.98 Å².